The Morgan fingerprint density at radius 3 is 2.46 bits per heavy atom. The van der Waals surface area contributed by atoms with Crippen molar-refractivity contribution in [1.29, 1.82) is 0 Å². The largest absolute Gasteiger partial charge is 0.484 e. The lowest BCUT2D eigenvalue weighted by Gasteiger charge is -2.18. The Morgan fingerprint density at radius 2 is 1.71 bits per heavy atom. The molecule has 0 atom stereocenters. The standard InChI is InChI=1S/C20H18ClNO2/c1-22(20(23)14-24-19-10-8-18(21)9-11-19)13-15-6-7-16-4-2-3-5-17(16)12-15/h2-12H,13-14H2,1H3. The van der Waals surface area contributed by atoms with Crippen LogP contribution in [0.15, 0.2) is 66.7 Å². The zero-order valence-electron chi connectivity index (χ0n) is 13.4. The molecule has 0 aliphatic heterocycles. The number of benzene rings is 3. The number of hydrogen-bond donors (Lipinski definition) is 0. The van der Waals surface area contributed by atoms with Crippen LogP contribution in [0.25, 0.3) is 10.8 Å². The Bertz CT molecular complexity index is 846. The summed E-state index contributed by atoms with van der Waals surface area (Å²) in [7, 11) is 1.78. The van der Waals surface area contributed by atoms with Gasteiger partial charge < -0.3 is 9.64 Å². The van der Waals surface area contributed by atoms with E-state index in [-0.39, 0.29) is 12.5 Å². The molecule has 0 unspecified atom stereocenters. The van der Waals surface area contributed by atoms with Crippen LogP contribution >= 0.6 is 11.6 Å². The Balaban J connectivity index is 1.59. The van der Waals surface area contributed by atoms with Crippen LogP contribution in [0.2, 0.25) is 5.02 Å². The van der Waals surface area contributed by atoms with E-state index in [4.69, 9.17) is 16.3 Å². The van der Waals surface area contributed by atoms with E-state index in [1.807, 2.05) is 18.2 Å². The van der Waals surface area contributed by atoms with Gasteiger partial charge in [-0.3, -0.25) is 4.79 Å². The zero-order valence-corrected chi connectivity index (χ0v) is 14.2. The molecule has 3 rings (SSSR count). The molecule has 0 bridgehead atoms. The molecular formula is C20H18ClNO2. The summed E-state index contributed by atoms with van der Waals surface area (Å²) in [5, 5.41) is 3.01. The van der Waals surface area contributed by atoms with E-state index in [1.54, 1.807) is 36.2 Å². The molecule has 3 aromatic carbocycles. The molecule has 0 saturated heterocycles. The lowest BCUT2D eigenvalue weighted by atomic mass is 10.1. The number of amides is 1. The Kier molecular flexibility index (Phi) is 5.02. The van der Waals surface area contributed by atoms with Crippen LogP contribution in [0, 0.1) is 0 Å². The fraction of sp³-hybridized carbons (Fsp3) is 0.150. The number of fused-ring (bicyclic) bond motifs is 1. The van der Waals surface area contributed by atoms with Gasteiger partial charge in [0.2, 0.25) is 0 Å². The number of halogens is 1. The minimum atomic E-state index is -0.0712. The van der Waals surface area contributed by atoms with Crippen molar-refractivity contribution < 1.29 is 9.53 Å². The van der Waals surface area contributed by atoms with Gasteiger partial charge in [-0.15, -0.1) is 0 Å². The molecule has 1 amide bonds. The van der Waals surface area contributed by atoms with Gasteiger partial charge in [0.1, 0.15) is 5.75 Å². The van der Waals surface area contributed by atoms with Crippen LogP contribution in [0.1, 0.15) is 5.56 Å². The first-order chi connectivity index (χ1) is 11.6. The SMILES string of the molecule is CN(Cc1ccc2ccccc2c1)C(=O)COc1ccc(Cl)cc1. The third kappa shape index (κ3) is 4.06. The molecule has 0 spiro atoms. The van der Waals surface area contributed by atoms with Crippen LogP contribution < -0.4 is 4.74 Å². The van der Waals surface area contributed by atoms with Crippen LogP contribution in [-0.2, 0) is 11.3 Å². The number of rotatable bonds is 5. The second kappa shape index (κ2) is 7.37. The van der Waals surface area contributed by atoms with E-state index in [0.717, 1.165) is 5.56 Å². The lowest BCUT2D eigenvalue weighted by Crippen LogP contribution is -2.30. The molecular weight excluding hydrogens is 322 g/mol. The molecule has 4 heteroatoms. The predicted molar refractivity (Wildman–Crippen MR) is 97.4 cm³/mol. The van der Waals surface area contributed by atoms with Crippen LogP contribution in [0.4, 0.5) is 0 Å². The summed E-state index contributed by atoms with van der Waals surface area (Å²) in [6.07, 6.45) is 0. The number of likely N-dealkylation sites (N-methyl/N-ethyl adjacent to an activating group) is 1. The molecule has 122 valence electrons. The first kappa shape index (κ1) is 16.3. The van der Waals surface area contributed by atoms with Crippen molar-refractivity contribution in [3.05, 3.63) is 77.3 Å². The summed E-state index contributed by atoms with van der Waals surface area (Å²) in [6, 6.07) is 21.4. The van der Waals surface area contributed by atoms with Crippen molar-refractivity contribution in [1.82, 2.24) is 4.90 Å². The molecule has 0 N–H and O–H groups in total. The van der Waals surface area contributed by atoms with E-state index in [1.165, 1.54) is 10.8 Å². The second-order valence-electron chi connectivity index (χ2n) is 5.67. The molecule has 0 aromatic heterocycles. The van der Waals surface area contributed by atoms with Gasteiger partial charge in [0, 0.05) is 18.6 Å². The highest BCUT2D eigenvalue weighted by Crippen LogP contribution is 2.17. The predicted octanol–water partition coefficient (Wildman–Crippen LogP) is 4.53. The van der Waals surface area contributed by atoms with Crippen molar-refractivity contribution in [3.63, 3.8) is 0 Å². The summed E-state index contributed by atoms with van der Waals surface area (Å²) >= 11 is 5.83. The number of nitrogens with zero attached hydrogens (tertiary/aromatic N) is 1. The minimum absolute atomic E-state index is 0.00567. The van der Waals surface area contributed by atoms with E-state index in [0.29, 0.717) is 17.3 Å². The van der Waals surface area contributed by atoms with E-state index < -0.39 is 0 Å². The fourth-order valence-corrected chi connectivity index (χ4v) is 2.61. The van der Waals surface area contributed by atoms with Crippen molar-refractivity contribution in [2.75, 3.05) is 13.7 Å². The summed E-state index contributed by atoms with van der Waals surface area (Å²) in [5.41, 5.74) is 1.09. The Hall–Kier alpha value is -2.52. The summed E-state index contributed by atoms with van der Waals surface area (Å²) in [5.74, 6) is 0.560. The van der Waals surface area contributed by atoms with Crippen LogP contribution in [-0.4, -0.2) is 24.5 Å². The number of carbonyl (C=O) groups is 1. The van der Waals surface area contributed by atoms with Crippen LogP contribution in [0.5, 0.6) is 5.75 Å². The van der Waals surface area contributed by atoms with Gasteiger partial charge in [0.05, 0.1) is 0 Å². The van der Waals surface area contributed by atoms with Crippen LogP contribution in [0.3, 0.4) is 0 Å². The molecule has 0 saturated carbocycles. The molecule has 0 radical (unpaired) electrons. The van der Waals surface area contributed by atoms with Gasteiger partial charge in [-0.05, 0) is 46.7 Å². The zero-order chi connectivity index (χ0) is 16.9. The third-order valence-electron chi connectivity index (χ3n) is 3.84. The molecule has 24 heavy (non-hydrogen) atoms. The minimum Gasteiger partial charge on any atom is -0.484 e. The smallest absolute Gasteiger partial charge is 0.260 e. The van der Waals surface area contributed by atoms with Crippen molar-refractivity contribution in [3.8, 4) is 5.75 Å². The third-order valence-corrected chi connectivity index (χ3v) is 4.09. The summed E-state index contributed by atoms with van der Waals surface area (Å²) < 4.78 is 5.50. The van der Waals surface area contributed by atoms with Gasteiger partial charge in [-0.25, -0.2) is 0 Å². The maximum absolute atomic E-state index is 12.2. The highest BCUT2D eigenvalue weighted by Gasteiger charge is 2.10. The fourth-order valence-electron chi connectivity index (χ4n) is 2.49. The topological polar surface area (TPSA) is 29.5 Å². The van der Waals surface area contributed by atoms with Crippen molar-refractivity contribution in [2.45, 2.75) is 6.54 Å². The number of ether oxygens (including phenoxy) is 1. The number of hydrogen-bond acceptors (Lipinski definition) is 2. The highest BCUT2D eigenvalue weighted by molar-refractivity contribution is 6.30. The first-order valence-electron chi connectivity index (χ1n) is 7.72. The summed E-state index contributed by atoms with van der Waals surface area (Å²) in [4.78, 5) is 13.9. The van der Waals surface area contributed by atoms with Gasteiger partial charge in [0.25, 0.3) is 5.91 Å². The van der Waals surface area contributed by atoms with Gasteiger partial charge in [-0.2, -0.15) is 0 Å². The van der Waals surface area contributed by atoms with Gasteiger partial charge >= 0.3 is 0 Å². The average Bonchev–Trinajstić information content (AvgIpc) is 2.61. The molecule has 0 heterocycles. The van der Waals surface area contributed by atoms with Gasteiger partial charge in [0.15, 0.2) is 6.61 Å². The maximum Gasteiger partial charge on any atom is 0.260 e. The van der Waals surface area contributed by atoms with Gasteiger partial charge in [-0.1, -0.05) is 48.0 Å². The molecule has 3 aromatic rings. The molecule has 0 aliphatic carbocycles. The van der Waals surface area contributed by atoms with E-state index in [9.17, 15) is 4.79 Å². The quantitative estimate of drug-likeness (QED) is 0.683. The second-order valence-corrected chi connectivity index (χ2v) is 6.11. The lowest BCUT2D eigenvalue weighted by molar-refractivity contribution is -0.132. The first-order valence-corrected chi connectivity index (χ1v) is 8.09. The molecule has 3 nitrogen and oxygen atoms in total. The number of carbonyl (C=O) groups excluding carboxylic acids is 1. The van der Waals surface area contributed by atoms with E-state index in [2.05, 4.69) is 24.3 Å². The Morgan fingerprint density at radius 1 is 1.00 bits per heavy atom. The maximum atomic E-state index is 12.2. The monoisotopic (exact) mass is 339 g/mol. The van der Waals surface area contributed by atoms with Crippen molar-refractivity contribution in [2.24, 2.45) is 0 Å². The van der Waals surface area contributed by atoms with Crippen molar-refractivity contribution >= 4 is 28.3 Å². The molecule has 0 aliphatic rings. The highest BCUT2D eigenvalue weighted by atomic mass is 35.5. The average molecular weight is 340 g/mol. The summed E-state index contributed by atoms with van der Waals surface area (Å²) in [6.45, 7) is 0.555. The van der Waals surface area contributed by atoms with E-state index >= 15 is 0 Å². The normalized spacial score (nSPS) is 10.6. The Labute approximate surface area is 146 Å². The molecule has 0 fully saturated rings.